The summed E-state index contributed by atoms with van der Waals surface area (Å²) in [6, 6.07) is 19.4. The van der Waals surface area contributed by atoms with Crippen molar-refractivity contribution in [2.75, 3.05) is 0 Å². The zero-order valence-electron chi connectivity index (χ0n) is 11.6. The summed E-state index contributed by atoms with van der Waals surface area (Å²) >= 11 is 1.35. The molecule has 0 aliphatic carbocycles. The predicted molar refractivity (Wildman–Crippen MR) is 83.1 cm³/mol. The molecule has 22 heavy (non-hydrogen) atoms. The van der Waals surface area contributed by atoms with E-state index >= 15 is 0 Å². The highest BCUT2D eigenvalue weighted by atomic mass is 32.2. The molecule has 0 fully saturated rings. The average Bonchev–Trinajstić information content (AvgIpc) is 2.92. The molecule has 3 aromatic rings. The highest BCUT2D eigenvalue weighted by molar-refractivity contribution is 7.99. The van der Waals surface area contributed by atoms with E-state index in [9.17, 15) is 9.90 Å². The number of rotatable bonds is 5. The smallest absolute Gasteiger partial charge is 0.359 e. The summed E-state index contributed by atoms with van der Waals surface area (Å²) < 4.78 is 1.62. The minimum atomic E-state index is -1.07. The molecule has 0 spiro atoms. The second-order valence-corrected chi connectivity index (χ2v) is 5.67. The first kappa shape index (κ1) is 14.3. The topological polar surface area (TPSA) is 68.0 Å². The van der Waals surface area contributed by atoms with Crippen LogP contribution in [0.4, 0.5) is 0 Å². The van der Waals surface area contributed by atoms with Crippen molar-refractivity contribution in [1.29, 1.82) is 0 Å². The molecule has 3 rings (SSSR count). The van der Waals surface area contributed by atoms with E-state index < -0.39 is 5.97 Å². The van der Waals surface area contributed by atoms with Crippen LogP contribution >= 0.6 is 11.8 Å². The lowest BCUT2D eigenvalue weighted by molar-refractivity contribution is 0.0686. The van der Waals surface area contributed by atoms with Gasteiger partial charge in [0, 0.05) is 4.90 Å². The van der Waals surface area contributed by atoms with E-state index in [0.717, 1.165) is 10.5 Å². The third-order valence-electron chi connectivity index (χ3n) is 3.03. The van der Waals surface area contributed by atoms with Crippen LogP contribution in [0.5, 0.6) is 0 Å². The maximum Gasteiger partial charge on any atom is 0.359 e. The molecular weight excluding hydrogens is 298 g/mol. The van der Waals surface area contributed by atoms with Crippen molar-refractivity contribution in [2.24, 2.45) is 0 Å². The van der Waals surface area contributed by atoms with Gasteiger partial charge in [-0.2, -0.15) is 0 Å². The Labute approximate surface area is 131 Å². The van der Waals surface area contributed by atoms with E-state index in [2.05, 4.69) is 10.3 Å². The lowest BCUT2D eigenvalue weighted by Crippen LogP contribution is -2.05. The van der Waals surface area contributed by atoms with Crippen LogP contribution in [-0.4, -0.2) is 26.1 Å². The van der Waals surface area contributed by atoms with Gasteiger partial charge in [0.05, 0.1) is 6.54 Å². The lowest BCUT2D eigenvalue weighted by Gasteiger charge is -2.07. The van der Waals surface area contributed by atoms with Crippen molar-refractivity contribution in [1.82, 2.24) is 15.0 Å². The molecular formula is C16H13N3O2S. The molecule has 1 heterocycles. The number of aromatic nitrogens is 3. The van der Waals surface area contributed by atoms with Crippen LogP contribution in [0.1, 0.15) is 16.1 Å². The molecule has 0 unspecified atom stereocenters. The standard InChI is InChI=1S/C16H13N3O2S/c20-16(21)14-15(22-13-9-5-2-6-10-13)19(18-17-14)11-12-7-3-1-4-8-12/h1-10H,11H2,(H,20,21). The highest BCUT2D eigenvalue weighted by Gasteiger charge is 2.20. The van der Waals surface area contributed by atoms with Gasteiger partial charge in [-0.1, -0.05) is 65.5 Å². The molecule has 0 aliphatic heterocycles. The van der Waals surface area contributed by atoms with E-state index in [1.807, 2.05) is 60.7 Å². The molecule has 1 aromatic heterocycles. The first-order valence-corrected chi connectivity index (χ1v) is 7.49. The monoisotopic (exact) mass is 311 g/mol. The fraction of sp³-hybridized carbons (Fsp3) is 0.0625. The number of carboxylic acids is 1. The Morgan fingerprint density at radius 2 is 1.68 bits per heavy atom. The summed E-state index contributed by atoms with van der Waals surface area (Å²) in [5, 5.41) is 17.6. The maximum absolute atomic E-state index is 11.3. The Kier molecular flexibility index (Phi) is 4.20. The van der Waals surface area contributed by atoms with Gasteiger partial charge in [-0.3, -0.25) is 0 Å². The van der Waals surface area contributed by atoms with Crippen molar-refractivity contribution >= 4 is 17.7 Å². The van der Waals surface area contributed by atoms with Gasteiger partial charge >= 0.3 is 5.97 Å². The quantitative estimate of drug-likeness (QED) is 0.784. The first-order valence-electron chi connectivity index (χ1n) is 6.67. The van der Waals surface area contributed by atoms with E-state index in [1.165, 1.54) is 11.8 Å². The third kappa shape index (κ3) is 3.17. The van der Waals surface area contributed by atoms with Crippen LogP contribution < -0.4 is 0 Å². The Bertz CT molecular complexity index is 773. The van der Waals surface area contributed by atoms with Crippen LogP contribution in [0.25, 0.3) is 0 Å². The number of carbonyl (C=O) groups is 1. The minimum Gasteiger partial charge on any atom is -0.476 e. The first-order chi connectivity index (χ1) is 10.7. The summed E-state index contributed by atoms with van der Waals surface area (Å²) in [4.78, 5) is 12.3. The van der Waals surface area contributed by atoms with E-state index in [0.29, 0.717) is 11.6 Å². The number of nitrogens with zero attached hydrogens (tertiary/aromatic N) is 3. The normalized spacial score (nSPS) is 10.5. The summed E-state index contributed by atoms with van der Waals surface area (Å²) in [6.45, 7) is 0.482. The van der Waals surface area contributed by atoms with E-state index in [4.69, 9.17) is 0 Å². The molecule has 0 aliphatic rings. The second kappa shape index (κ2) is 6.44. The molecule has 1 N–H and O–H groups in total. The molecule has 0 saturated carbocycles. The molecule has 0 saturated heterocycles. The number of hydrogen-bond acceptors (Lipinski definition) is 4. The number of hydrogen-bond donors (Lipinski definition) is 1. The Morgan fingerprint density at radius 3 is 2.32 bits per heavy atom. The van der Waals surface area contributed by atoms with Crippen LogP contribution in [0, 0.1) is 0 Å². The molecule has 2 aromatic carbocycles. The van der Waals surface area contributed by atoms with E-state index in [1.54, 1.807) is 4.68 Å². The van der Waals surface area contributed by atoms with Gasteiger partial charge in [-0.15, -0.1) is 5.10 Å². The number of aromatic carboxylic acids is 1. The van der Waals surface area contributed by atoms with Gasteiger partial charge in [0.25, 0.3) is 0 Å². The molecule has 0 atom stereocenters. The summed E-state index contributed by atoms with van der Waals surface area (Å²) in [5.41, 5.74) is 1.02. The van der Waals surface area contributed by atoms with Crippen molar-refractivity contribution in [3.8, 4) is 0 Å². The summed E-state index contributed by atoms with van der Waals surface area (Å²) in [5.74, 6) is -1.07. The largest absolute Gasteiger partial charge is 0.476 e. The summed E-state index contributed by atoms with van der Waals surface area (Å²) in [6.07, 6.45) is 0. The predicted octanol–water partition coefficient (Wildman–Crippen LogP) is 3.18. The second-order valence-electron chi connectivity index (χ2n) is 4.61. The zero-order chi connectivity index (χ0) is 15.4. The third-order valence-corrected chi connectivity index (χ3v) is 4.13. The fourth-order valence-corrected chi connectivity index (χ4v) is 2.95. The Hall–Kier alpha value is -2.60. The van der Waals surface area contributed by atoms with Gasteiger partial charge in [-0.25, -0.2) is 9.48 Å². The van der Waals surface area contributed by atoms with Crippen molar-refractivity contribution < 1.29 is 9.90 Å². The zero-order valence-corrected chi connectivity index (χ0v) is 12.4. The Balaban J connectivity index is 1.95. The van der Waals surface area contributed by atoms with Crippen molar-refractivity contribution in [2.45, 2.75) is 16.5 Å². The van der Waals surface area contributed by atoms with Crippen LogP contribution in [-0.2, 0) is 6.54 Å². The molecule has 6 heteroatoms. The molecule has 110 valence electrons. The summed E-state index contributed by atoms with van der Waals surface area (Å²) in [7, 11) is 0. The molecule has 0 radical (unpaired) electrons. The Morgan fingerprint density at radius 1 is 1.05 bits per heavy atom. The minimum absolute atomic E-state index is 0.0233. The van der Waals surface area contributed by atoms with Gasteiger partial charge < -0.3 is 5.11 Å². The van der Waals surface area contributed by atoms with Crippen molar-refractivity contribution in [3.05, 3.63) is 71.9 Å². The van der Waals surface area contributed by atoms with Gasteiger partial charge in [0.1, 0.15) is 5.03 Å². The molecule has 0 bridgehead atoms. The van der Waals surface area contributed by atoms with Gasteiger partial charge in [0.15, 0.2) is 0 Å². The highest BCUT2D eigenvalue weighted by Crippen LogP contribution is 2.29. The van der Waals surface area contributed by atoms with Crippen LogP contribution in [0.2, 0.25) is 0 Å². The van der Waals surface area contributed by atoms with Gasteiger partial charge in [0.2, 0.25) is 5.69 Å². The fourth-order valence-electron chi connectivity index (χ4n) is 2.00. The SMILES string of the molecule is O=C(O)c1nnn(Cc2ccccc2)c1Sc1ccccc1. The number of benzene rings is 2. The molecule has 0 amide bonds. The van der Waals surface area contributed by atoms with Crippen LogP contribution in [0.3, 0.4) is 0 Å². The lowest BCUT2D eigenvalue weighted by atomic mass is 10.2. The number of carboxylic acid groups (broad SMARTS) is 1. The average molecular weight is 311 g/mol. The molecule has 5 nitrogen and oxygen atoms in total. The van der Waals surface area contributed by atoms with Crippen molar-refractivity contribution in [3.63, 3.8) is 0 Å². The van der Waals surface area contributed by atoms with Crippen LogP contribution in [0.15, 0.2) is 70.6 Å². The van der Waals surface area contributed by atoms with Gasteiger partial charge in [-0.05, 0) is 17.7 Å². The maximum atomic E-state index is 11.3. The van der Waals surface area contributed by atoms with E-state index in [-0.39, 0.29) is 5.69 Å².